The van der Waals surface area contributed by atoms with Crippen molar-refractivity contribution in [2.75, 3.05) is 6.61 Å². The Morgan fingerprint density at radius 1 is 1.43 bits per heavy atom. The predicted molar refractivity (Wildman–Crippen MR) is 88.1 cm³/mol. The molecule has 2 rings (SSSR count). The molecule has 1 aliphatic carbocycles. The minimum atomic E-state index is -0.0301. The van der Waals surface area contributed by atoms with Gasteiger partial charge in [0.15, 0.2) is 0 Å². The second kappa shape index (κ2) is 7.95. The Hall–Kier alpha value is -0.870. The highest BCUT2D eigenvalue weighted by Crippen LogP contribution is 2.29. The zero-order chi connectivity index (χ0) is 15.2. The summed E-state index contributed by atoms with van der Waals surface area (Å²) in [5.41, 5.74) is 1.26. The summed E-state index contributed by atoms with van der Waals surface area (Å²) in [7, 11) is 0. The monoisotopic (exact) mass is 353 g/mol. The summed E-state index contributed by atoms with van der Waals surface area (Å²) in [5.74, 6) is 0.0279. The van der Waals surface area contributed by atoms with Crippen molar-refractivity contribution in [2.24, 2.45) is 5.92 Å². The number of benzene rings is 1. The maximum Gasteiger partial charge on any atom is 0.308 e. The van der Waals surface area contributed by atoms with Crippen LogP contribution in [-0.2, 0) is 9.53 Å². The van der Waals surface area contributed by atoms with Crippen LogP contribution >= 0.6 is 15.9 Å². The number of nitrogens with one attached hydrogen (secondary N) is 1. The lowest BCUT2D eigenvalue weighted by Crippen LogP contribution is -2.38. The van der Waals surface area contributed by atoms with Crippen LogP contribution in [0.25, 0.3) is 0 Å². The van der Waals surface area contributed by atoms with E-state index in [1.807, 2.05) is 13.0 Å². The lowest BCUT2D eigenvalue weighted by Gasteiger charge is -2.31. The molecule has 0 aromatic heterocycles. The van der Waals surface area contributed by atoms with E-state index in [9.17, 15) is 4.79 Å². The van der Waals surface area contributed by atoms with Crippen LogP contribution in [0.3, 0.4) is 0 Å². The molecule has 0 radical (unpaired) electrons. The van der Waals surface area contributed by atoms with E-state index in [4.69, 9.17) is 4.74 Å². The van der Waals surface area contributed by atoms with Gasteiger partial charge in [-0.1, -0.05) is 40.5 Å². The fraction of sp³-hybridized carbons (Fsp3) is 0.588. The molecule has 3 nitrogen and oxygen atoms in total. The van der Waals surface area contributed by atoms with Gasteiger partial charge in [0.1, 0.15) is 0 Å². The smallest absolute Gasteiger partial charge is 0.308 e. The Balaban J connectivity index is 1.93. The average molecular weight is 354 g/mol. The van der Waals surface area contributed by atoms with Gasteiger partial charge in [0.25, 0.3) is 0 Å². The van der Waals surface area contributed by atoms with Crippen LogP contribution in [0.4, 0.5) is 0 Å². The van der Waals surface area contributed by atoms with Crippen molar-refractivity contribution >= 4 is 21.9 Å². The molecule has 0 heterocycles. The second-order valence-corrected chi connectivity index (χ2v) is 6.58. The van der Waals surface area contributed by atoms with Gasteiger partial charge in [-0.25, -0.2) is 0 Å². The van der Waals surface area contributed by atoms with E-state index < -0.39 is 0 Å². The third kappa shape index (κ3) is 4.55. The van der Waals surface area contributed by atoms with Crippen molar-refractivity contribution in [1.29, 1.82) is 0 Å². The molecular formula is C17H24BrNO2. The van der Waals surface area contributed by atoms with Crippen molar-refractivity contribution in [3.63, 3.8) is 0 Å². The SMILES string of the molecule is CCOC(=O)C1CCCC(NC(C)c2ccccc2Br)C1. The van der Waals surface area contributed by atoms with Gasteiger partial charge >= 0.3 is 5.97 Å². The topological polar surface area (TPSA) is 38.3 Å². The van der Waals surface area contributed by atoms with Gasteiger partial charge in [0.05, 0.1) is 12.5 Å². The van der Waals surface area contributed by atoms with Gasteiger partial charge in [-0.15, -0.1) is 0 Å². The lowest BCUT2D eigenvalue weighted by molar-refractivity contribution is -0.149. The molecule has 0 bridgehead atoms. The minimum absolute atomic E-state index is 0.0301. The van der Waals surface area contributed by atoms with Crippen LogP contribution in [0.1, 0.15) is 51.1 Å². The Morgan fingerprint density at radius 2 is 2.19 bits per heavy atom. The van der Waals surface area contributed by atoms with E-state index in [0.717, 1.165) is 30.2 Å². The molecule has 1 fully saturated rings. The third-order valence-electron chi connectivity index (χ3n) is 4.15. The molecule has 3 atom stereocenters. The molecular weight excluding hydrogens is 330 g/mol. The predicted octanol–water partition coefficient (Wildman–Crippen LogP) is 4.22. The molecule has 1 aromatic carbocycles. The van der Waals surface area contributed by atoms with Gasteiger partial charge in [-0.3, -0.25) is 4.79 Å². The van der Waals surface area contributed by atoms with E-state index in [1.54, 1.807) is 0 Å². The first-order chi connectivity index (χ1) is 10.1. The van der Waals surface area contributed by atoms with Crippen molar-refractivity contribution in [2.45, 2.75) is 51.6 Å². The standard InChI is InChI=1S/C17H24BrNO2/c1-3-21-17(20)13-7-6-8-14(11-13)19-12(2)15-9-4-5-10-16(15)18/h4-5,9-10,12-14,19H,3,6-8,11H2,1-2H3. The van der Waals surface area contributed by atoms with Gasteiger partial charge in [0, 0.05) is 16.6 Å². The van der Waals surface area contributed by atoms with Crippen molar-refractivity contribution in [3.05, 3.63) is 34.3 Å². The maximum atomic E-state index is 11.9. The van der Waals surface area contributed by atoms with Crippen LogP contribution in [0.5, 0.6) is 0 Å². The summed E-state index contributed by atoms with van der Waals surface area (Å²) in [6.45, 7) is 4.51. The van der Waals surface area contributed by atoms with E-state index in [1.165, 1.54) is 5.56 Å². The van der Waals surface area contributed by atoms with Gasteiger partial charge in [-0.05, 0) is 44.7 Å². The number of rotatable bonds is 5. The normalized spacial score (nSPS) is 23.6. The molecule has 4 heteroatoms. The van der Waals surface area contributed by atoms with Crippen molar-refractivity contribution < 1.29 is 9.53 Å². The minimum Gasteiger partial charge on any atom is -0.466 e. The zero-order valence-corrected chi connectivity index (χ0v) is 14.4. The molecule has 1 saturated carbocycles. The molecule has 0 amide bonds. The number of ether oxygens (including phenoxy) is 1. The van der Waals surface area contributed by atoms with Crippen LogP contribution in [0.15, 0.2) is 28.7 Å². The van der Waals surface area contributed by atoms with Crippen LogP contribution in [0, 0.1) is 5.92 Å². The number of carbonyl (C=O) groups is 1. The Labute approximate surface area is 135 Å². The third-order valence-corrected chi connectivity index (χ3v) is 4.87. The Morgan fingerprint density at radius 3 is 2.90 bits per heavy atom. The summed E-state index contributed by atoms with van der Waals surface area (Å²) >= 11 is 3.60. The van der Waals surface area contributed by atoms with Gasteiger partial charge in [-0.2, -0.15) is 0 Å². The van der Waals surface area contributed by atoms with Crippen LogP contribution < -0.4 is 5.32 Å². The van der Waals surface area contributed by atoms with Crippen LogP contribution in [0.2, 0.25) is 0 Å². The van der Waals surface area contributed by atoms with E-state index in [0.29, 0.717) is 12.6 Å². The van der Waals surface area contributed by atoms with E-state index in [2.05, 4.69) is 46.4 Å². The molecule has 1 aromatic rings. The largest absolute Gasteiger partial charge is 0.466 e. The number of esters is 1. The zero-order valence-electron chi connectivity index (χ0n) is 12.8. The number of carbonyl (C=O) groups excluding carboxylic acids is 1. The van der Waals surface area contributed by atoms with Crippen molar-refractivity contribution in [3.8, 4) is 0 Å². The first kappa shape index (κ1) is 16.5. The number of hydrogen-bond acceptors (Lipinski definition) is 3. The highest BCUT2D eigenvalue weighted by atomic mass is 79.9. The fourth-order valence-corrected chi connectivity index (χ4v) is 3.71. The molecule has 0 saturated heterocycles. The number of halogens is 1. The quantitative estimate of drug-likeness (QED) is 0.805. The first-order valence-electron chi connectivity index (χ1n) is 7.79. The lowest BCUT2D eigenvalue weighted by atomic mass is 9.85. The van der Waals surface area contributed by atoms with Gasteiger partial charge in [0.2, 0.25) is 0 Å². The molecule has 0 aliphatic heterocycles. The maximum absolute atomic E-state index is 11.9. The molecule has 116 valence electrons. The Kier molecular flexibility index (Phi) is 6.24. The first-order valence-corrected chi connectivity index (χ1v) is 8.58. The summed E-state index contributed by atoms with van der Waals surface area (Å²) in [5, 5.41) is 3.67. The van der Waals surface area contributed by atoms with E-state index in [-0.39, 0.29) is 17.9 Å². The van der Waals surface area contributed by atoms with Gasteiger partial charge < -0.3 is 10.1 Å². The molecule has 1 aliphatic rings. The molecule has 0 spiro atoms. The van der Waals surface area contributed by atoms with E-state index >= 15 is 0 Å². The molecule has 1 N–H and O–H groups in total. The molecule has 3 unspecified atom stereocenters. The second-order valence-electron chi connectivity index (χ2n) is 5.72. The average Bonchev–Trinajstić information content (AvgIpc) is 2.48. The van der Waals surface area contributed by atoms with Crippen molar-refractivity contribution in [1.82, 2.24) is 5.32 Å². The molecule has 21 heavy (non-hydrogen) atoms. The summed E-state index contributed by atoms with van der Waals surface area (Å²) in [6.07, 6.45) is 4.06. The summed E-state index contributed by atoms with van der Waals surface area (Å²) in [4.78, 5) is 11.9. The number of hydrogen-bond donors (Lipinski definition) is 1. The summed E-state index contributed by atoms with van der Waals surface area (Å²) in [6, 6.07) is 8.93. The fourth-order valence-electron chi connectivity index (χ4n) is 3.08. The highest BCUT2D eigenvalue weighted by molar-refractivity contribution is 9.10. The van der Waals surface area contributed by atoms with Crippen LogP contribution in [-0.4, -0.2) is 18.6 Å². The summed E-state index contributed by atoms with van der Waals surface area (Å²) < 4.78 is 6.29. The Bertz CT molecular complexity index is 478. The highest BCUT2D eigenvalue weighted by Gasteiger charge is 2.29.